The van der Waals surface area contributed by atoms with Crippen LogP contribution in [0.1, 0.15) is 18.9 Å². The number of aryl methyl sites for hydroxylation is 1. The SMILES string of the molecule is CC(O)CCc1ccccc1.[Cl-].[NH4+]. The average molecular weight is 204 g/mol. The second-order valence-electron chi connectivity index (χ2n) is 2.87. The monoisotopic (exact) mass is 203 g/mol. The van der Waals surface area contributed by atoms with E-state index in [1.807, 2.05) is 25.1 Å². The summed E-state index contributed by atoms with van der Waals surface area (Å²) in [4.78, 5) is 0. The van der Waals surface area contributed by atoms with Crippen LogP contribution in [0.25, 0.3) is 0 Å². The predicted octanol–water partition coefficient (Wildman–Crippen LogP) is -0.620. The van der Waals surface area contributed by atoms with Gasteiger partial charge in [-0.25, -0.2) is 0 Å². The number of quaternary nitrogens is 1. The second kappa shape index (κ2) is 8.05. The van der Waals surface area contributed by atoms with E-state index >= 15 is 0 Å². The molecule has 0 bridgehead atoms. The Kier molecular flexibility index (Phi) is 9.24. The summed E-state index contributed by atoms with van der Waals surface area (Å²) in [6, 6.07) is 10.2. The van der Waals surface area contributed by atoms with E-state index in [1.54, 1.807) is 0 Å². The van der Waals surface area contributed by atoms with Crippen molar-refractivity contribution in [2.75, 3.05) is 0 Å². The first kappa shape index (κ1) is 14.9. The number of halogens is 1. The molecule has 0 heterocycles. The summed E-state index contributed by atoms with van der Waals surface area (Å²) in [6.07, 6.45) is 1.64. The Morgan fingerprint density at radius 1 is 1.23 bits per heavy atom. The molecular formula is C10H18ClNO. The van der Waals surface area contributed by atoms with Crippen LogP contribution in [0, 0.1) is 0 Å². The van der Waals surface area contributed by atoms with Crippen LogP contribution in [0.2, 0.25) is 0 Å². The van der Waals surface area contributed by atoms with Crippen LogP contribution in [0.15, 0.2) is 30.3 Å². The van der Waals surface area contributed by atoms with E-state index in [0.717, 1.165) is 12.8 Å². The van der Waals surface area contributed by atoms with Gasteiger partial charge in [0, 0.05) is 0 Å². The van der Waals surface area contributed by atoms with Crippen molar-refractivity contribution in [3.05, 3.63) is 35.9 Å². The van der Waals surface area contributed by atoms with E-state index in [0.29, 0.717) is 0 Å². The lowest BCUT2D eigenvalue weighted by molar-refractivity contribution is -0.00000510. The molecule has 76 valence electrons. The van der Waals surface area contributed by atoms with Gasteiger partial charge >= 0.3 is 0 Å². The van der Waals surface area contributed by atoms with Gasteiger partial charge in [-0.15, -0.1) is 0 Å². The summed E-state index contributed by atoms with van der Waals surface area (Å²) >= 11 is 0. The second-order valence-corrected chi connectivity index (χ2v) is 2.87. The first-order valence-electron chi connectivity index (χ1n) is 4.01. The lowest BCUT2D eigenvalue weighted by atomic mass is 10.1. The van der Waals surface area contributed by atoms with Gasteiger partial charge in [-0.2, -0.15) is 0 Å². The Morgan fingerprint density at radius 2 is 1.77 bits per heavy atom. The van der Waals surface area contributed by atoms with Gasteiger partial charge in [0.15, 0.2) is 0 Å². The molecule has 0 aromatic heterocycles. The van der Waals surface area contributed by atoms with E-state index in [1.165, 1.54) is 5.56 Å². The molecule has 2 nitrogen and oxygen atoms in total. The van der Waals surface area contributed by atoms with E-state index in [9.17, 15) is 0 Å². The molecule has 0 radical (unpaired) electrons. The van der Waals surface area contributed by atoms with Gasteiger partial charge in [0.1, 0.15) is 0 Å². The molecule has 1 unspecified atom stereocenters. The van der Waals surface area contributed by atoms with Crippen molar-refractivity contribution in [2.45, 2.75) is 25.9 Å². The quantitative estimate of drug-likeness (QED) is 0.676. The van der Waals surface area contributed by atoms with E-state index in [-0.39, 0.29) is 24.7 Å². The summed E-state index contributed by atoms with van der Waals surface area (Å²) in [6.45, 7) is 1.82. The zero-order valence-corrected chi connectivity index (χ0v) is 8.96. The third-order valence-electron chi connectivity index (χ3n) is 1.69. The Bertz CT molecular complexity index is 201. The first-order valence-corrected chi connectivity index (χ1v) is 4.01. The maximum Gasteiger partial charge on any atom is 0.0515 e. The highest BCUT2D eigenvalue weighted by atomic mass is 35.5. The van der Waals surface area contributed by atoms with Crippen LogP contribution in [0.3, 0.4) is 0 Å². The third kappa shape index (κ3) is 6.58. The van der Waals surface area contributed by atoms with Gasteiger partial charge in [0.25, 0.3) is 0 Å². The van der Waals surface area contributed by atoms with Crippen molar-refractivity contribution in [1.29, 1.82) is 0 Å². The van der Waals surface area contributed by atoms with Crippen LogP contribution < -0.4 is 18.6 Å². The average Bonchev–Trinajstić information content (AvgIpc) is 2.03. The largest absolute Gasteiger partial charge is 1.00 e. The van der Waals surface area contributed by atoms with Gasteiger partial charge < -0.3 is 23.7 Å². The van der Waals surface area contributed by atoms with E-state index in [4.69, 9.17) is 5.11 Å². The minimum Gasteiger partial charge on any atom is -1.00 e. The molecule has 5 N–H and O–H groups in total. The smallest absolute Gasteiger partial charge is 0.0515 e. The van der Waals surface area contributed by atoms with Crippen molar-refractivity contribution in [3.63, 3.8) is 0 Å². The van der Waals surface area contributed by atoms with Crippen LogP contribution in [0.5, 0.6) is 0 Å². The summed E-state index contributed by atoms with van der Waals surface area (Å²) in [5.41, 5.74) is 1.30. The molecule has 0 aliphatic heterocycles. The highest BCUT2D eigenvalue weighted by Crippen LogP contribution is 2.03. The fraction of sp³-hybridized carbons (Fsp3) is 0.400. The minimum atomic E-state index is -0.185. The first-order chi connectivity index (χ1) is 5.29. The number of hydrogen-bond donors (Lipinski definition) is 2. The van der Waals surface area contributed by atoms with E-state index < -0.39 is 0 Å². The zero-order valence-electron chi connectivity index (χ0n) is 8.20. The Morgan fingerprint density at radius 3 is 2.23 bits per heavy atom. The van der Waals surface area contributed by atoms with Crippen molar-refractivity contribution >= 4 is 0 Å². The van der Waals surface area contributed by atoms with Crippen molar-refractivity contribution in [3.8, 4) is 0 Å². The molecular weight excluding hydrogens is 186 g/mol. The zero-order chi connectivity index (χ0) is 8.10. The van der Waals surface area contributed by atoms with Crippen molar-refractivity contribution in [1.82, 2.24) is 6.15 Å². The summed E-state index contributed by atoms with van der Waals surface area (Å²) in [7, 11) is 0. The lowest BCUT2D eigenvalue weighted by Crippen LogP contribution is -3.00. The highest BCUT2D eigenvalue weighted by molar-refractivity contribution is 5.14. The van der Waals surface area contributed by atoms with Crippen LogP contribution >= 0.6 is 0 Å². The molecule has 0 fully saturated rings. The molecule has 13 heavy (non-hydrogen) atoms. The van der Waals surface area contributed by atoms with Gasteiger partial charge in [-0.3, -0.25) is 0 Å². The molecule has 1 aromatic carbocycles. The fourth-order valence-electron chi connectivity index (χ4n) is 1.02. The molecule has 0 aliphatic carbocycles. The minimum absolute atomic E-state index is 0. The number of rotatable bonds is 3. The molecule has 0 aliphatic rings. The molecule has 1 rings (SSSR count). The van der Waals surface area contributed by atoms with Gasteiger partial charge in [-0.05, 0) is 25.3 Å². The predicted molar refractivity (Wildman–Crippen MR) is 52.4 cm³/mol. The van der Waals surface area contributed by atoms with Gasteiger partial charge in [-0.1, -0.05) is 30.3 Å². The maximum atomic E-state index is 9.01. The number of aliphatic hydroxyl groups is 1. The molecule has 1 atom stereocenters. The normalized spacial score (nSPS) is 10.9. The third-order valence-corrected chi connectivity index (χ3v) is 1.69. The van der Waals surface area contributed by atoms with Gasteiger partial charge in [0.2, 0.25) is 0 Å². The Balaban J connectivity index is 0. The number of hydrogen-bond acceptors (Lipinski definition) is 1. The summed E-state index contributed by atoms with van der Waals surface area (Å²) < 4.78 is 0. The number of benzene rings is 1. The topological polar surface area (TPSA) is 56.7 Å². The van der Waals surface area contributed by atoms with Gasteiger partial charge in [0.05, 0.1) is 6.10 Å². The highest BCUT2D eigenvalue weighted by Gasteiger charge is 1.95. The Labute approximate surface area is 86.0 Å². The van der Waals surface area contributed by atoms with E-state index in [2.05, 4.69) is 12.1 Å². The molecule has 0 amide bonds. The molecule has 1 aromatic rings. The molecule has 0 spiro atoms. The Hall–Kier alpha value is -0.570. The van der Waals surface area contributed by atoms with Crippen LogP contribution in [-0.4, -0.2) is 11.2 Å². The summed E-state index contributed by atoms with van der Waals surface area (Å²) in [5, 5.41) is 9.01. The van der Waals surface area contributed by atoms with Crippen LogP contribution in [-0.2, 0) is 6.42 Å². The van der Waals surface area contributed by atoms with Crippen molar-refractivity contribution in [2.24, 2.45) is 0 Å². The van der Waals surface area contributed by atoms with Crippen LogP contribution in [0.4, 0.5) is 0 Å². The lowest BCUT2D eigenvalue weighted by Gasteiger charge is -2.02. The number of aliphatic hydroxyl groups excluding tert-OH is 1. The summed E-state index contributed by atoms with van der Waals surface area (Å²) in [5.74, 6) is 0. The van der Waals surface area contributed by atoms with Crippen molar-refractivity contribution < 1.29 is 17.5 Å². The maximum absolute atomic E-state index is 9.01. The molecule has 0 saturated carbocycles. The molecule has 3 heteroatoms. The fourth-order valence-corrected chi connectivity index (χ4v) is 1.02. The molecule has 0 saturated heterocycles. The standard InChI is InChI=1S/C10H14O.ClH.H3N/c1-9(11)7-8-10-5-3-2-4-6-10;;/h2-6,9,11H,7-8H2,1H3;1H;1H3.